The number of hydrogen-bond donors (Lipinski definition) is 2. The first kappa shape index (κ1) is 18.6. The quantitative estimate of drug-likeness (QED) is 0.661. The Bertz CT molecular complexity index is 1040. The number of nitrogens with zero attached hydrogens (tertiary/aromatic N) is 2. The van der Waals surface area contributed by atoms with Crippen molar-refractivity contribution in [1.29, 1.82) is 5.26 Å². The number of aromatic nitrogens is 1. The summed E-state index contributed by atoms with van der Waals surface area (Å²) < 4.78 is 4.67. The van der Waals surface area contributed by atoms with Gasteiger partial charge in [-0.05, 0) is 60.7 Å². The highest BCUT2D eigenvalue weighted by Crippen LogP contribution is 2.18. The smallest absolute Gasteiger partial charge is 0.337 e. The number of nitrogens with one attached hydrogen (secondary N) is 2. The molecule has 0 saturated heterocycles. The number of hydrogen-bond acceptors (Lipinski definition) is 6. The van der Waals surface area contributed by atoms with Crippen LogP contribution in [-0.2, 0) is 4.74 Å². The summed E-state index contributed by atoms with van der Waals surface area (Å²) in [6, 6.07) is 18.6. The molecular weight excluding hydrogens is 356 g/mol. The Morgan fingerprint density at radius 2 is 1.64 bits per heavy atom. The van der Waals surface area contributed by atoms with Crippen LogP contribution in [0.5, 0.6) is 0 Å². The minimum Gasteiger partial charge on any atom is -0.465 e. The van der Waals surface area contributed by atoms with Gasteiger partial charge in [-0.15, -0.1) is 0 Å². The van der Waals surface area contributed by atoms with Crippen LogP contribution in [0.15, 0.2) is 66.9 Å². The first-order valence-corrected chi connectivity index (χ1v) is 8.32. The van der Waals surface area contributed by atoms with E-state index in [4.69, 9.17) is 5.26 Å². The van der Waals surface area contributed by atoms with Crippen molar-refractivity contribution in [3.63, 3.8) is 0 Å². The van der Waals surface area contributed by atoms with Gasteiger partial charge in [0, 0.05) is 23.1 Å². The Hall–Kier alpha value is -4.18. The number of benzene rings is 2. The van der Waals surface area contributed by atoms with Crippen LogP contribution in [0.3, 0.4) is 0 Å². The molecule has 7 nitrogen and oxygen atoms in total. The molecule has 1 amide bonds. The highest BCUT2D eigenvalue weighted by atomic mass is 16.5. The summed E-state index contributed by atoms with van der Waals surface area (Å²) in [5.74, 6) is -0.222. The van der Waals surface area contributed by atoms with Crippen LogP contribution in [-0.4, -0.2) is 24.0 Å². The molecule has 0 unspecified atom stereocenters. The van der Waals surface area contributed by atoms with Gasteiger partial charge < -0.3 is 15.4 Å². The molecule has 0 saturated carbocycles. The van der Waals surface area contributed by atoms with Gasteiger partial charge in [0.25, 0.3) is 5.91 Å². The molecule has 7 heteroatoms. The van der Waals surface area contributed by atoms with E-state index >= 15 is 0 Å². The van der Waals surface area contributed by atoms with E-state index in [-0.39, 0.29) is 5.91 Å². The monoisotopic (exact) mass is 372 g/mol. The Morgan fingerprint density at radius 1 is 0.964 bits per heavy atom. The third kappa shape index (κ3) is 4.51. The number of carbonyl (C=O) groups excluding carboxylic acids is 2. The average molecular weight is 372 g/mol. The molecule has 0 aliphatic carbocycles. The molecule has 1 aromatic heterocycles. The highest BCUT2D eigenvalue weighted by molar-refractivity contribution is 6.04. The molecule has 0 atom stereocenters. The number of anilines is 3. The fourth-order valence-electron chi connectivity index (χ4n) is 2.43. The molecule has 28 heavy (non-hydrogen) atoms. The van der Waals surface area contributed by atoms with Crippen molar-refractivity contribution in [1.82, 2.24) is 4.98 Å². The van der Waals surface area contributed by atoms with Crippen LogP contribution in [0.25, 0.3) is 0 Å². The second-order valence-corrected chi connectivity index (χ2v) is 5.77. The number of rotatable bonds is 5. The van der Waals surface area contributed by atoms with E-state index in [1.165, 1.54) is 13.3 Å². The molecule has 3 rings (SSSR count). The van der Waals surface area contributed by atoms with Crippen molar-refractivity contribution in [3.8, 4) is 6.07 Å². The number of amides is 1. The first-order valence-electron chi connectivity index (χ1n) is 8.32. The van der Waals surface area contributed by atoms with Gasteiger partial charge in [0.2, 0.25) is 0 Å². The Morgan fingerprint density at radius 3 is 2.29 bits per heavy atom. The van der Waals surface area contributed by atoms with E-state index in [2.05, 4.69) is 20.4 Å². The highest BCUT2D eigenvalue weighted by Gasteiger charge is 2.09. The van der Waals surface area contributed by atoms with Gasteiger partial charge in [-0.25, -0.2) is 9.78 Å². The van der Waals surface area contributed by atoms with E-state index in [9.17, 15) is 9.59 Å². The van der Waals surface area contributed by atoms with Gasteiger partial charge in [0.15, 0.2) is 0 Å². The van der Waals surface area contributed by atoms with E-state index in [1.807, 2.05) is 6.07 Å². The molecule has 0 radical (unpaired) electrons. The molecule has 2 N–H and O–H groups in total. The Labute approximate surface area is 161 Å². The van der Waals surface area contributed by atoms with Crippen LogP contribution in [0.1, 0.15) is 26.3 Å². The lowest BCUT2D eigenvalue weighted by molar-refractivity contribution is 0.0600. The van der Waals surface area contributed by atoms with Gasteiger partial charge in [-0.2, -0.15) is 5.26 Å². The zero-order valence-electron chi connectivity index (χ0n) is 15.0. The largest absolute Gasteiger partial charge is 0.465 e. The Balaban J connectivity index is 1.70. The minimum absolute atomic E-state index is 0.295. The van der Waals surface area contributed by atoms with Crippen LogP contribution in [0.4, 0.5) is 17.2 Å². The van der Waals surface area contributed by atoms with E-state index in [1.54, 1.807) is 60.7 Å². The summed E-state index contributed by atoms with van der Waals surface area (Å²) >= 11 is 0. The second kappa shape index (κ2) is 8.47. The van der Waals surface area contributed by atoms with Crippen molar-refractivity contribution in [2.24, 2.45) is 0 Å². The molecule has 0 fully saturated rings. The van der Waals surface area contributed by atoms with Crippen molar-refractivity contribution in [2.75, 3.05) is 17.7 Å². The molecule has 2 aromatic carbocycles. The lowest BCUT2D eigenvalue weighted by atomic mass is 10.2. The van der Waals surface area contributed by atoms with Crippen LogP contribution < -0.4 is 10.6 Å². The van der Waals surface area contributed by atoms with E-state index in [0.29, 0.717) is 33.9 Å². The maximum absolute atomic E-state index is 12.4. The van der Waals surface area contributed by atoms with Crippen molar-refractivity contribution < 1.29 is 14.3 Å². The third-order valence-corrected chi connectivity index (χ3v) is 3.87. The normalized spacial score (nSPS) is 9.86. The topological polar surface area (TPSA) is 104 Å². The maximum Gasteiger partial charge on any atom is 0.337 e. The van der Waals surface area contributed by atoms with Crippen LogP contribution in [0.2, 0.25) is 0 Å². The van der Waals surface area contributed by atoms with Gasteiger partial charge in [0.05, 0.1) is 24.3 Å². The molecule has 0 aliphatic rings. The average Bonchev–Trinajstić information content (AvgIpc) is 2.74. The van der Waals surface area contributed by atoms with Crippen LogP contribution >= 0.6 is 0 Å². The Kier molecular flexibility index (Phi) is 5.63. The number of pyridine rings is 1. The van der Waals surface area contributed by atoms with Gasteiger partial charge in [-0.3, -0.25) is 4.79 Å². The summed E-state index contributed by atoms with van der Waals surface area (Å²) in [7, 11) is 1.33. The minimum atomic E-state index is -0.411. The predicted molar refractivity (Wildman–Crippen MR) is 104 cm³/mol. The van der Waals surface area contributed by atoms with Gasteiger partial charge >= 0.3 is 5.97 Å². The van der Waals surface area contributed by atoms with Crippen molar-refractivity contribution in [3.05, 3.63) is 83.6 Å². The van der Waals surface area contributed by atoms with Crippen molar-refractivity contribution >= 4 is 29.1 Å². The number of esters is 1. The van der Waals surface area contributed by atoms with E-state index < -0.39 is 5.97 Å². The standard InChI is InChI=1S/C21H16N4O3/c1-28-21(27)15-4-8-17(9-5-15)24-19-12-16(10-11-23-19)20(26)25-18-6-2-14(13-22)3-7-18/h2-12H,1H3,(H,23,24)(H,25,26). The lowest BCUT2D eigenvalue weighted by Crippen LogP contribution is -2.12. The second-order valence-electron chi connectivity index (χ2n) is 5.77. The third-order valence-electron chi connectivity index (χ3n) is 3.87. The SMILES string of the molecule is COC(=O)c1ccc(Nc2cc(C(=O)Nc3ccc(C#N)cc3)ccn2)cc1. The van der Waals surface area contributed by atoms with Gasteiger partial charge in [-0.1, -0.05) is 0 Å². The summed E-state index contributed by atoms with van der Waals surface area (Å²) in [4.78, 5) is 28.1. The number of nitriles is 1. The maximum atomic E-state index is 12.4. The summed E-state index contributed by atoms with van der Waals surface area (Å²) in [5.41, 5.74) is 2.69. The first-order chi connectivity index (χ1) is 13.6. The molecule has 138 valence electrons. The summed E-state index contributed by atoms with van der Waals surface area (Å²) in [5, 5.41) is 14.7. The van der Waals surface area contributed by atoms with Crippen LogP contribution in [0, 0.1) is 11.3 Å². The predicted octanol–water partition coefficient (Wildman–Crippen LogP) is 3.74. The summed E-state index contributed by atoms with van der Waals surface area (Å²) in [6.07, 6.45) is 1.53. The molecule has 1 heterocycles. The zero-order chi connectivity index (χ0) is 19.9. The van der Waals surface area contributed by atoms with E-state index in [0.717, 1.165) is 0 Å². The number of carbonyl (C=O) groups is 2. The number of methoxy groups -OCH3 is 1. The molecular formula is C21H16N4O3. The zero-order valence-corrected chi connectivity index (χ0v) is 15.0. The lowest BCUT2D eigenvalue weighted by Gasteiger charge is -2.09. The summed E-state index contributed by atoms with van der Waals surface area (Å²) in [6.45, 7) is 0. The fourth-order valence-corrected chi connectivity index (χ4v) is 2.43. The molecule has 3 aromatic rings. The molecule has 0 aliphatic heterocycles. The molecule has 0 spiro atoms. The number of ether oxygens (including phenoxy) is 1. The van der Waals surface area contributed by atoms with Gasteiger partial charge in [0.1, 0.15) is 5.82 Å². The van der Waals surface area contributed by atoms with Crippen molar-refractivity contribution in [2.45, 2.75) is 0 Å². The molecule has 0 bridgehead atoms. The fraction of sp³-hybridized carbons (Fsp3) is 0.0476.